The first-order valence-electron chi connectivity index (χ1n) is 5.94. The van der Waals surface area contributed by atoms with Crippen LogP contribution in [-0.2, 0) is 5.54 Å². The van der Waals surface area contributed by atoms with Crippen LogP contribution in [-0.4, -0.2) is 30.0 Å². The Hall–Kier alpha value is -1.62. The molecule has 0 fully saturated rings. The lowest BCUT2D eigenvalue weighted by Crippen LogP contribution is -2.37. The Kier molecular flexibility index (Phi) is 4.60. The van der Waals surface area contributed by atoms with Gasteiger partial charge in [0.15, 0.2) is 4.34 Å². The molecule has 0 bridgehead atoms. The van der Waals surface area contributed by atoms with Crippen molar-refractivity contribution in [3.8, 4) is 6.07 Å². The molecule has 0 aliphatic carbocycles. The quantitative estimate of drug-likeness (QED) is 0.852. The van der Waals surface area contributed by atoms with Gasteiger partial charge in [0, 0.05) is 19.8 Å². The molecular formula is C13H15N5S2. The summed E-state index contributed by atoms with van der Waals surface area (Å²) in [6.07, 6.45) is 0. The van der Waals surface area contributed by atoms with Gasteiger partial charge in [-0.05, 0) is 5.56 Å². The molecule has 0 amide bonds. The van der Waals surface area contributed by atoms with Gasteiger partial charge in [0.25, 0.3) is 0 Å². The second kappa shape index (κ2) is 6.22. The maximum atomic E-state index is 9.38. The van der Waals surface area contributed by atoms with E-state index in [4.69, 9.17) is 5.73 Å². The minimum absolute atomic E-state index is 0.440. The summed E-state index contributed by atoms with van der Waals surface area (Å²) < 4.78 is 0.815. The van der Waals surface area contributed by atoms with E-state index in [1.165, 1.54) is 23.1 Å². The van der Waals surface area contributed by atoms with E-state index in [2.05, 4.69) is 16.3 Å². The molecule has 0 saturated carbocycles. The smallest absolute Gasteiger partial charge is 0.208 e. The molecule has 2 rings (SSSR count). The van der Waals surface area contributed by atoms with Crippen LogP contribution in [0, 0.1) is 11.3 Å². The molecule has 104 valence electrons. The summed E-state index contributed by atoms with van der Waals surface area (Å²) in [5.74, 6) is 0.440. The van der Waals surface area contributed by atoms with Crippen molar-refractivity contribution >= 4 is 28.2 Å². The van der Waals surface area contributed by atoms with Crippen LogP contribution >= 0.6 is 23.1 Å². The second-order valence-electron chi connectivity index (χ2n) is 4.48. The maximum Gasteiger partial charge on any atom is 0.208 e. The fourth-order valence-electron chi connectivity index (χ4n) is 1.53. The zero-order valence-electron chi connectivity index (χ0n) is 11.3. The number of hydrogen-bond donors (Lipinski definition) is 1. The summed E-state index contributed by atoms with van der Waals surface area (Å²) in [4.78, 5) is 1.90. The highest BCUT2D eigenvalue weighted by Crippen LogP contribution is 2.31. The molecule has 2 N–H and O–H groups in total. The van der Waals surface area contributed by atoms with Gasteiger partial charge in [-0.15, -0.1) is 10.2 Å². The van der Waals surface area contributed by atoms with Gasteiger partial charge < -0.3 is 10.6 Å². The number of rotatable bonds is 5. The monoisotopic (exact) mass is 305 g/mol. The molecule has 0 aliphatic heterocycles. The van der Waals surface area contributed by atoms with E-state index >= 15 is 0 Å². The average molecular weight is 305 g/mol. The molecule has 2 aromatic rings. The average Bonchev–Trinajstić information content (AvgIpc) is 2.95. The number of nitrogens with two attached hydrogens (primary N) is 1. The van der Waals surface area contributed by atoms with Crippen molar-refractivity contribution in [2.45, 2.75) is 9.88 Å². The first-order valence-corrected chi connectivity index (χ1v) is 7.74. The van der Waals surface area contributed by atoms with Gasteiger partial charge in [-0.3, -0.25) is 0 Å². The van der Waals surface area contributed by atoms with Crippen LogP contribution in [0.2, 0.25) is 0 Å². The number of thioether (sulfide) groups is 1. The Bertz CT molecular complexity index is 605. The Morgan fingerprint density at radius 1 is 1.35 bits per heavy atom. The summed E-state index contributed by atoms with van der Waals surface area (Å²) in [5.41, 5.74) is 5.99. The lowest BCUT2D eigenvalue weighted by Gasteiger charge is -2.20. The minimum Gasteiger partial charge on any atom is -0.353 e. The van der Waals surface area contributed by atoms with Crippen molar-refractivity contribution in [3.63, 3.8) is 0 Å². The van der Waals surface area contributed by atoms with Gasteiger partial charge in [0.1, 0.15) is 5.54 Å². The van der Waals surface area contributed by atoms with Crippen LogP contribution in [0.15, 0.2) is 34.7 Å². The van der Waals surface area contributed by atoms with Gasteiger partial charge in [-0.2, -0.15) is 5.26 Å². The molecule has 0 radical (unpaired) electrons. The van der Waals surface area contributed by atoms with Gasteiger partial charge >= 0.3 is 0 Å². The highest BCUT2D eigenvalue weighted by atomic mass is 32.2. The molecule has 1 aromatic heterocycles. The molecule has 0 saturated heterocycles. The zero-order valence-corrected chi connectivity index (χ0v) is 12.9. The van der Waals surface area contributed by atoms with E-state index in [1.807, 2.05) is 49.3 Å². The molecule has 1 heterocycles. The first kappa shape index (κ1) is 14.8. The first-order chi connectivity index (χ1) is 9.55. The Morgan fingerprint density at radius 3 is 2.60 bits per heavy atom. The van der Waals surface area contributed by atoms with E-state index in [0.29, 0.717) is 5.75 Å². The van der Waals surface area contributed by atoms with E-state index < -0.39 is 5.54 Å². The highest BCUT2D eigenvalue weighted by molar-refractivity contribution is 8.01. The van der Waals surface area contributed by atoms with E-state index in [0.717, 1.165) is 15.0 Å². The summed E-state index contributed by atoms with van der Waals surface area (Å²) in [5, 5.41) is 18.4. The van der Waals surface area contributed by atoms with Crippen molar-refractivity contribution < 1.29 is 0 Å². The number of aromatic nitrogens is 2. The molecule has 0 aliphatic rings. The van der Waals surface area contributed by atoms with Gasteiger partial charge in [0.05, 0.1) is 6.07 Å². The topological polar surface area (TPSA) is 78.8 Å². The predicted molar refractivity (Wildman–Crippen MR) is 82.9 cm³/mol. The Morgan fingerprint density at radius 2 is 2.05 bits per heavy atom. The third-order valence-electron chi connectivity index (χ3n) is 2.69. The van der Waals surface area contributed by atoms with Crippen LogP contribution < -0.4 is 10.6 Å². The molecule has 1 atom stereocenters. The fraction of sp³-hybridized carbons (Fsp3) is 0.308. The van der Waals surface area contributed by atoms with Crippen LogP contribution in [0.25, 0.3) is 0 Å². The van der Waals surface area contributed by atoms with Crippen molar-refractivity contribution in [3.05, 3.63) is 35.9 Å². The lowest BCUT2D eigenvalue weighted by atomic mass is 9.95. The Balaban J connectivity index is 2.09. The molecule has 1 aromatic carbocycles. The largest absolute Gasteiger partial charge is 0.353 e. The summed E-state index contributed by atoms with van der Waals surface area (Å²) in [7, 11) is 3.84. The highest BCUT2D eigenvalue weighted by Gasteiger charge is 2.28. The van der Waals surface area contributed by atoms with Crippen molar-refractivity contribution in [1.82, 2.24) is 10.2 Å². The number of hydrogen-bond acceptors (Lipinski definition) is 7. The molecule has 7 heteroatoms. The van der Waals surface area contributed by atoms with Crippen LogP contribution in [0.5, 0.6) is 0 Å². The van der Waals surface area contributed by atoms with Crippen LogP contribution in [0.3, 0.4) is 0 Å². The lowest BCUT2D eigenvalue weighted by molar-refractivity contribution is 0.658. The summed E-state index contributed by atoms with van der Waals surface area (Å²) >= 11 is 2.94. The second-order valence-corrected chi connectivity index (χ2v) is 6.66. The van der Waals surface area contributed by atoms with Crippen LogP contribution in [0.1, 0.15) is 5.56 Å². The Labute approximate surface area is 126 Å². The van der Waals surface area contributed by atoms with E-state index in [1.54, 1.807) is 0 Å². The van der Waals surface area contributed by atoms with Crippen molar-refractivity contribution in [2.24, 2.45) is 5.73 Å². The third kappa shape index (κ3) is 3.28. The van der Waals surface area contributed by atoms with Crippen molar-refractivity contribution in [1.29, 1.82) is 5.26 Å². The number of nitriles is 1. The zero-order chi connectivity index (χ0) is 14.6. The summed E-state index contributed by atoms with van der Waals surface area (Å²) in [6.45, 7) is 0. The van der Waals surface area contributed by atoms with Crippen LogP contribution in [0.4, 0.5) is 5.13 Å². The molecule has 0 spiro atoms. The van der Waals surface area contributed by atoms with Gasteiger partial charge in [-0.1, -0.05) is 53.4 Å². The molecule has 5 nitrogen and oxygen atoms in total. The maximum absolute atomic E-state index is 9.38. The van der Waals surface area contributed by atoms with Gasteiger partial charge in [-0.25, -0.2) is 0 Å². The predicted octanol–water partition coefficient (Wildman–Crippen LogP) is 2.07. The standard InChI is InChI=1S/C13H15N5S2/c1-18(2)11-16-17-12(20-11)19-9-13(15,8-14)10-6-4-3-5-7-10/h3-7H,9,15H2,1-2H3. The molecular weight excluding hydrogens is 290 g/mol. The normalized spacial score (nSPS) is 13.5. The van der Waals surface area contributed by atoms with Crippen molar-refractivity contribution in [2.75, 3.05) is 24.7 Å². The fourth-order valence-corrected chi connectivity index (χ4v) is 3.35. The number of nitrogens with zero attached hydrogens (tertiary/aromatic N) is 4. The third-order valence-corrected chi connectivity index (χ3v) is 5.11. The minimum atomic E-state index is -1.02. The summed E-state index contributed by atoms with van der Waals surface area (Å²) in [6, 6.07) is 11.6. The number of benzene rings is 1. The SMILES string of the molecule is CN(C)c1nnc(SCC(N)(C#N)c2ccccc2)s1. The van der Waals surface area contributed by atoms with E-state index in [9.17, 15) is 5.26 Å². The van der Waals surface area contributed by atoms with E-state index in [-0.39, 0.29) is 0 Å². The molecule has 1 unspecified atom stereocenters. The van der Waals surface area contributed by atoms with Gasteiger partial charge in [0.2, 0.25) is 5.13 Å². The number of anilines is 1. The molecule has 20 heavy (non-hydrogen) atoms.